The Hall–Kier alpha value is -2.80. The van der Waals surface area contributed by atoms with Crippen molar-refractivity contribution in [1.29, 1.82) is 0 Å². The van der Waals surface area contributed by atoms with Crippen LogP contribution in [0.1, 0.15) is 60.7 Å². The summed E-state index contributed by atoms with van der Waals surface area (Å²) in [4.78, 5) is 41.7. The first kappa shape index (κ1) is 22.0. The third kappa shape index (κ3) is 4.78. The highest BCUT2D eigenvalue weighted by molar-refractivity contribution is 5.95. The minimum absolute atomic E-state index is 0.112. The van der Waals surface area contributed by atoms with E-state index in [1.807, 2.05) is 47.1 Å². The van der Waals surface area contributed by atoms with Crippen LogP contribution in [-0.2, 0) is 22.6 Å². The Labute approximate surface area is 195 Å². The molecular weight excluding hydrogens is 414 g/mol. The van der Waals surface area contributed by atoms with Gasteiger partial charge in [-0.1, -0.05) is 30.3 Å². The highest BCUT2D eigenvalue weighted by Crippen LogP contribution is 2.33. The largest absolute Gasteiger partial charge is 0.341 e. The summed E-state index contributed by atoms with van der Waals surface area (Å²) in [6, 6.07) is 10.1. The number of rotatable bonds is 5. The summed E-state index contributed by atoms with van der Waals surface area (Å²) in [5.41, 5.74) is 3.13. The molecule has 174 valence electrons. The maximum absolute atomic E-state index is 12.9. The summed E-state index contributed by atoms with van der Waals surface area (Å²) in [7, 11) is 0. The average molecular weight is 448 g/mol. The van der Waals surface area contributed by atoms with Crippen molar-refractivity contribution in [1.82, 2.24) is 19.8 Å². The molecule has 0 N–H and O–H groups in total. The number of anilines is 1. The van der Waals surface area contributed by atoms with Gasteiger partial charge in [0.25, 0.3) is 0 Å². The highest BCUT2D eigenvalue weighted by Gasteiger charge is 2.32. The number of amides is 2. The molecule has 7 nitrogen and oxygen atoms in total. The van der Waals surface area contributed by atoms with Crippen molar-refractivity contribution in [3.63, 3.8) is 0 Å². The number of aryl methyl sites for hydroxylation is 1. The van der Waals surface area contributed by atoms with Crippen LogP contribution in [-0.4, -0.2) is 64.3 Å². The Balaban J connectivity index is 1.37. The zero-order chi connectivity index (χ0) is 22.8. The second-order valence-electron chi connectivity index (χ2n) is 9.60. The lowest BCUT2D eigenvalue weighted by Gasteiger charge is -2.34. The standard InChI is InChI=1S/C26H33N5O2/c1-19-22-11-12-23(32)31(16-20-8-3-2-4-9-20)26(22)28-25(27-19)21-10-7-15-30(17-21)24(33)18-29-13-5-6-14-29/h2-4,8-9,21H,5-7,10-18H2,1H3/t21-/m1/s1. The molecule has 1 aromatic carbocycles. The van der Waals surface area contributed by atoms with E-state index in [9.17, 15) is 9.59 Å². The monoisotopic (exact) mass is 447 g/mol. The van der Waals surface area contributed by atoms with Crippen LogP contribution >= 0.6 is 0 Å². The maximum atomic E-state index is 12.9. The summed E-state index contributed by atoms with van der Waals surface area (Å²) in [6.45, 7) is 6.61. The number of fused-ring (bicyclic) bond motifs is 1. The van der Waals surface area contributed by atoms with Gasteiger partial charge in [0.05, 0.1) is 13.1 Å². The van der Waals surface area contributed by atoms with Gasteiger partial charge >= 0.3 is 0 Å². The topological polar surface area (TPSA) is 69.6 Å². The molecule has 0 aliphatic carbocycles. The molecule has 1 aromatic heterocycles. The molecule has 0 saturated carbocycles. The molecule has 0 spiro atoms. The van der Waals surface area contributed by atoms with E-state index in [4.69, 9.17) is 9.97 Å². The molecule has 3 aliphatic rings. The van der Waals surface area contributed by atoms with Crippen LogP contribution in [0.2, 0.25) is 0 Å². The molecule has 4 heterocycles. The first-order chi connectivity index (χ1) is 16.1. The highest BCUT2D eigenvalue weighted by atomic mass is 16.2. The molecule has 2 amide bonds. The van der Waals surface area contributed by atoms with E-state index in [-0.39, 0.29) is 17.7 Å². The summed E-state index contributed by atoms with van der Waals surface area (Å²) < 4.78 is 0. The lowest BCUT2D eigenvalue weighted by molar-refractivity contribution is -0.133. The Morgan fingerprint density at radius 1 is 1.03 bits per heavy atom. The fourth-order valence-corrected chi connectivity index (χ4v) is 5.36. The number of likely N-dealkylation sites (tertiary alicyclic amines) is 2. The van der Waals surface area contributed by atoms with Crippen molar-refractivity contribution in [3.05, 3.63) is 53.0 Å². The van der Waals surface area contributed by atoms with E-state index >= 15 is 0 Å². The molecule has 2 aromatic rings. The zero-order valence-corrected chi connectivity index (χ0v) is 19.5. The van der Waals surface area contributed by atoms with Gasteiger partial charge in [0.1, 0.15) is 11.6 Å². The molecule has 3 aliphatic heterocycles. The molecule has 0 bridgehead atoms. The molecule has 5 rings (SSSR count). The second kappa shape index (κ2) is 9.59. The number of aromatic nitrogens is 2. The lowest BCUT2D eigenvalue weighted by atomic mass is 9.95. The third-order valence-electron chi connectivity index (χ3n) is 7.24. The predicted octanol–water partition coefficient (Wildman–Crippen LogP) is 3.07. The van der Waals surface area contributed by atoms with Crippen molar-refractivity contribution in [2.75, 3.05) is 37.6 Å². The van der Waals surface area contributed by atoms with Crippen molar-refractivity contribution < 1.29 is 9.59 Å². The molecule has 7 heteroatoms. The van der Waals surface area contributed by atoms with Gasteiger partial charge in [-0.25, -0.2) is 9.97 Å². The fraction of sp³-hybridized carbons (Fsp3) is 0.538. The number of hydrogen-bond donors (Lipinski definition) is 0. The van der Waals surface area contributed by atoms with Crippen LogP contribution in [0.5, 0.6) is 0 Å². The first-order valence-electron chi connectivity index (χ1n) is 12.3. The second-order valence-corrected chi connectivity index (χ2v) is 9.60. The van der Waals surface area contributed by atoms with Crippen molar-refractivity contribution >= 4 is 17.6 Å². The van der Waals surface area contributed by atoms with Gasteiger partial charge < -0.3 is 4.90 Å². The maximum Gasteiger partial charge on any atom is 0.236 e. The van der Waals surface area contributed by atoms with E-state index < -0.39 is 0 Å². The van der Waals surface area contributed by atoms with Gasteiger partial charge in [-0.15, -0.1) is 0 Å². The van der Waals surface area contributed by atoms with Gasteiger partial charge in [-0.05, 0) is 57.7 Å². The van der Waals surface area contributed by atoms with Gasteiger partial charge in [0.15, 0.2) is 0 Å². The van der Waals surface area contributed by atoms with E-state index in [1.165, 1.54) is 12.8 Å². The molecule has 2 saturated heterocycles. The SMILES string of the molecule is Cc1nc([C@@H]2CCCN(C(=O)CN3CCCC3)C2)nc2c1CCC(=O)N2Cc1ccccc1. The van der Waals surface area contributed by atoms with Crippen LogP contribution in [0.4, 0.5) is 5.82 Å². The van der Waals surface area contributed by atoms with Gasteiger partial charge in [0.2, 0.25) is 11.8 Å². The Morgan fingerprint density at radius 2 is 1.82 bits per heavy atom. The van der Waals surface area contributed by atoms with Gasteiger partial charge in [0, 0.05) is 36.7 Å². The van der Waals surface area contributed by atoms with Gasteiger partial charge in [-0.3, -0.25) is 19.4 Å². The molecule has 0 unspecified atom stereocenters. The number of piperidine rings is 1. The van der Waals surface area contributed by atoms with Crippen LogP contribution in [0.3, 0.4) is 0 Å². The van der Waals surface area contributed by atoms with E-state index in [0.29, 0.717) is 32.5 Å². The van der Waals surface area contributed by atoms with Crippen molar-refractivity contribution in [3.8, 4) is 0 Å². The molecule has 1 atom stereocenters. The van der Waals surface area contributed by atoms with Crippen LogP contribution in [0, 0.1) is 6.92 Å². The number of hydrogen-bond acceptors (Lipinski definition) is 5. The lowest BCUT2D eigenvalue weighted by Crippen LogP contribution is -2.44. The normalized spacial score (nSPS) is 21.4. The van der Waals surface area contributed by atoms with E-state index in [1.54, 1.807) is 0 Å². The van der Waals surface area contributed by atoms with Crippen LogP contribution in [0.15, 0.2) is 30.3 Å². The molecule has 2 fully saturated rings. The number of benzene rings is 1. The predicted molar refractivity (Wildman–Crippen MR) is 127 cm³/mol. The van der Waals surface area contributed by atoms with Crippen molar-refractivity contribution in [2.45, 2.75) is 57.9 Å². The Bertz CT molecular complexity index is 1020. The van der Waals surface area contributed by atoms with E-state index in [0.717, 1.165) is 60.9 Å². The molecule has 33 heavy (non-hydrogen) atoms. The fourth-order valence-electron chi connectivity index (χ4n) is 5.36. The zero-order valence-electron chi connectivity index (χ0n) is 19.5. The summed E-state index contributed by atoms with van der Waals surface area (Å²) in [5.74, 6) is 1.98. The third-order valence-corrected chi connectivity index (χ3v) is 7.24. The summed E-state index contributed by atoms with van der Waals surface area (Å²) >= 11 is 0. The van der Waals surface area contributed by atoms with Crippen LogP contribution in [0.25, 0.3) is 0 Å². The van der Waals surface area contributed by atoms with Crippen molar-refractivity contribution in [2.24, 2.45) is 0 Å². The van der Waals surface area contributed by atoms with E-state index in [2.05, 4.69) is 4.90 Å². The molecular formula is C26H33N5O2. The molecule has 0 radical (unpaired) electrons. The number of carbonyl (C=O) groups is 2. The average Bonchev–Trinajstić information content (AvgIpc) is 3.34. The Kier molecular flexibility index (Phi) is 6.40. The summed E-state index contributed by atoms with van der Waals surface area (Å²) in [5, 5.41) is 0. The Morgan fingerprint density at radius 3 is 2.61 bits per heavy atom. The summed E-state index contributed by atoms with van der Waals surface area (Å²) in [6.07, 6.45) is 5.50. The minimum atomic E-state index is 0.112. The minimum Gasteiger partial charge on any atom is -0.341 e. The number of nitrogens with zero attached hydrogens (tertiary/aromatic N) is 5. The van der Waals surface area contributed by atoms with Crippen LogP contribution < -0.4 is 4.90 Å². The first-order valence-corrected chi connectivity index (χ1v) is 12.3. The smallest absolute Gasteiger partial charge is 0.236 e. The quantitative estimate of drug-likeness (QED) is 0.705. The van der Waals surface area contributed by atoms with Gasteiger partial charge in [-0.2, -0.15) is 0 Å². The number of carbonyl (C=O) groups excluding carboxylic acids is 2.